The molecule has 0 aliphatic carbocycles. The number of nitro groups is 1. The SMILES string of the molecule is O=[N+]([O-])c1cccc(CNCC(F)(F)C(F)F)c1F. The lowest BCUT2D eigenvalue weighted by molar-refractivity contribution is -0.387. The molecule has 0 unspecified atom stereocenters. The third-order valence-corrected chi connectivity index (χ3v) is 2.25. The van der Waals surface area contributed by atoms with Crippen LogP contribution in [-0.2, 0) is 6.54 Å². The predicted octanol–water partition coefficient (Wildman–Crippen LogP) is 2.72. The number of rotatable bonds is 6. The third-order valence-electron chi connectivity index (χ3n) is 2.25. The van der Waals surface area contributed by atoms with E-state index in [0.29, 0.717) is 0 Å². The molecule has 0 radical (unpaired) electrons. The Hall–Kier alpha value is -1.77. The second kappa shape index (κ2) is 5.91. The first kappa shape index (κ1) is 15.3. The van der Waals surface area contributed by atoms with Crippen molar-refractivity contribution in [2.24, 2.45) is 0 Å². The molecule has 0 atom stereocenters. The van der Waals surface area contributed by atoms with E-state index in [9.17, 15) is 32.1 Å². The first-order valence-corrected chi connectivity index (χ1v) is 5.04. The van der Waals surface area contributed by atoms with Crippen molar-refractivity contribution < 1.29 is 26.9 Å². The largest absolute Gasteiger partial charge is 0.319 e. The number of halogens is 5. The summed E-state index contributed by atoms with van der Waals surface area (Å²) in [4.78, 5) is 9.46. The minimum atomic E-state index is -4.24. The smallest absolute Gasteiger partial charge is 0.307 e. The van der Waals surface area contributed by atoms with Gasteiger partial charge in [0.25, 0.3) is 0 Å². The molecule has 1 rings (SSSR count). The van der Waals surface area contributed by atoms with Gasteiger partial charge in [0.05, 0.1) is 11.5 Å². The molecule has 0 saturated carbocycles. The molecule has 0 heterocycles. The van der Waals surface area contributed by atoms with Crippen molar-refractivity contribution in [1.82, 2.24) is 5.32 Å². The van der Waals surface area contributed by atoms with Gasteiger partial charge in [0.15, 0.2) is 0 Å². The van der Waals surface area contributed by atoms with Crippen molar-refractivity contribution in [3.63, 3.8) is 0 Å². The van der Waals surface area contributed by atoms with E-state index in [2.05, 4.69) is 0 Å². The van der Waals surface area contributed by atoms with Crippen molar-refractivity contribution in [2.45, 2.75) is 18.9 Å². The monoisotopic (exact) mass is 284 g/mol. The summed E-state index contributed by atoms with van der Waals surface area (Å²) in [5.41, 5.74) is -1.06. The van der Waals surface area contributed by atoms with E-state index < -0.39 is 41.9 Å². The van der Waals surface area contributed by atoms with Gasteiger partial charge < -0.3 is 5.32 Å². The zero-order chi connectivity index (χ0) is 14.6. The maximum atomic E-state index is 13.5. The maximum absolute atomic E-state index is 13.5. The van der Waals surface area contributed by atoms with Crippen LogP contribution >= 0.6 is 0 Å². The van der Waals surface area contributed by atoms with E-state index >= 15 is 0 Å². The minimum Gasteiger partial charge on any atom is -0.307 e. The summed E-state index contributed by atoms with van der Waals surface area (Å²) in [6, 6.07) is 3.21. The van der Waals surface area contributed by atoms with Crippen LogP contribution in [0.3, 0.4) is 0 Å². The fraction of sp³-hybridized carbons (Fsp3) is 0.400. The third kappa shape index (κ3) is 3.85. The van der Waals surface area contributed by atoms with Crippen LogP contribution in [0.1, 0.15) is 5.56 Å². The summed E-state index contributed by atoms with van der Waals surface area (Å²) in [6.07, 6.45) is -3.84. The van der Waals surface area contributed by atoms with Gasteiger partial charge in [-0.25, -0.2) is 8.78 Å². The van der Waals surface area contributed by atoms with Gasteiger partial charge in [-0.05, 0) is 0 Å². The Bertz CT molecular complexity index is 467. The van der Waals surface area contributed by atoms with Crippen molar-refractivity contribution in [1.29, 1.82) is 0 Å². The number of nitrogens with one attached hydrogen (secondary N) is 1. The van der Waals surface area contributed by atoms with Gasteiger partial charge in [0.1, 0.15) is 0 Å². The summed E-state index contributed by atoms with van der Waals surface area (Å²) in [7, 11) is 0. The first-order chi connectivity index (χ1) is 8.75. The first-order valence-electron chi connectivity index (χ1n) is 5.04. The Kier molecular flexibility index (Phi) is 4.76. The standard InChI is InChI=1S/C10H9F5N2O2/c11-8-6(2-1-3-7(8)17(18)19)4-16-5-10(14,15)9(12)13/h1-3,9,16H,4-5H2. The lowest BCUT2D eigenvalue weighted by atomic mass is 10.2. The van der Waals surface area contributed by atoms with Gasteiger partial charge in [-0.2, -0.15) is 13.2 Å². The molecule has 0 aromatic heterocycles. The van der Waals surface area contributed by atoms with E-state index in [4.69, 9.17) is 0 Å². The van der Waals surface area contributed by atoms with E-state index in [0.717, 1.165) is 12.1 Å². The summed E-state index contributed by atoms with van der Waals surface area (Å²) in [5, 5.41) is 12.4. The quantitative estimate of drug-likeness (QED) is 0.496. The lowest BCUT2D eigenvalue weighted by Crippen LogP contribution is -2.38. The second-order valence-electron chi connectivity index (χ2n) is 3.67. The molecule has 1 N–H and O–H groups in total. The Balaban J connectivity index is 2.69. The maximum Gasteiger partial charge on any atom is 0.319 e. The molecular weight excluding hydrogens is 275 g/mol. The number of hydrogen-bond donors (Lipinski definition) is 1. The summed E-state index contributed by atoms with van der Waals surface area (Å²) in [6.45, 7) is -1.87. The van der Waals surface area contributed by atoms with Crippen LogP contribution in [0.2, 0.25) is 0 Å². The van der Waals surface area contributed by atoms with Crippen LogP contribution in [0, 0.1) is 15.9 Å². The zero-order valence-electron chi connectivity index (χ0n) is 9.38. The number of nitrogens with zero attached hydrogens (tertiary/aromatic N) is 1. The molecule has 0 aliphatic rings. The molecular formula is C10H9F5N2O2. The fourth-order valence-electron chi connectivity index (χ4n) is 1.28. The summed E-state index contributed by atoms with van der Waals surface area (Å²) < 4.78 is 62.2. The number of benzene rings is 1. The molecule has 0 fully saturated rings. The molecule has 4 nitrogen and oxygen atoms in total. The predicted molar refractivity (Wildman–Crippen MR) is 55.7 cm³/mol. The van der Waals surface area contributed by atoms with Crippen molar-refractivity contribution >= 4 is 5.69 Å². The van der Waals surface area contributed by atoms with Crippen molar-refractivity contribution in [3.8, 4) is 0 Å². The summed E-state index contributed by atoms with van der Waals surface area (Å²) >= 11 is 0. The highest BCUT2D eigenvalue weighted by atomic mass is 19.3. The van der Waals surface area contributed by atoms with Gasteiger partial charge >= 0.3 is 18.0 Å². The van der Waals surface area contributed by atoms with Crippen LogP contribution in [0.25, 0.3) is 0 Å². The van der Waals surface area contributed by atoms with E-state index in [-0.39, 0.29) is 5.56 Å². The van der Waals surface area contributed by atoms with Crippen molar-refractivity contribution in [3.05, 3.63) is 39.7 Å². The van der Waals surface area contributed by atoms with Crippen LogP contribution in [0.15, 0.2) is 18.2 Å². The van der Waals surface area contributed by atoms with E-state index in [1.54, 1.807) is 0 Å². The van der Waals surface area contributed by atoms with Gasteiger partial charge in [-0.1, -0.05) is 12.1 Å². The molecule has 19 heavy (non-hydrogen) atoms. The Morgan fingerprint density at radius 1 is 1.37 bits per heavy atom. The topological polar surface area (TPSA) is 55.2 Å². The van der Waals surface area contributed by atoms with Gasteiger partial charge in [0.2, 0.25) is 5.82 Å². The average molecular weight is 284 g/mol. The van der Waals surface area contributed by atoms with Crippen LogP contribution < -0.4 is 5.32 Å². The molecule has 0 amide bonds. The number of nitro benzene ring substituents is 1. The molecule has 0 aliphatic heterocycles. The minimum absolute atomic E-state index is 0.251. The molecule has 0 spiro atoms. The lowest BCUT2D eigenvalue weighted by Gasteiger charge is -2.15. The van der Waals surface area contributed by atoms with E-state index in [1.807, 2.05) is 5.32 Å². The summed E-state index contributed by atoms with van der Waals surface area (Å²) in [5.74, 6) is -5.42. The number of alkyl halides is 4. The Morgan fingerprint density at radius 3 is 2.53 bits per heavy atom. The zero-order valence-corrected chi connectivity index (χ0v) is 9.38. The highest BCUT2D eigenvalue weighted by Crippen LogP contribution is 2.23. The van der Waals surface area contributed by atoms with Gasteiger partial charge in [0, 0.05) is 18.2 Å². The molecule has 106 valence electrons. The van der Waals surface area contributed by atoms with Crippen LogP contribution in [-0.4, -0.2) is 23.8 Å². The van der Waals surface area contributed by atoms with Crippen LogP contribution in [0.4, 0.5) is 27.6 Å². The highest BCUT2D eigenvalue weighted by molar-refractivity contribution is 5.36. The average Bonchev–Trinajstić information content (AvgIpc) is 2.30. The van der Waals surface area contributed by atoms with Gasteiger partial charge in [-0.15, -0.1) is 0 Å². The fourth-order valence-corrected chi connectivity index (χ4v) is 1.28. The molecule has 0 saturated heterocycles. The molecule has 0 bridgehead atoms. The second-order valence-corrected chi connectivity index (χ2v) is 3.67. The molecule has 1 aromatic carbocycles. The van der Waals surface area contributed by atoms with Gasteiger partial charge in [-0.3, -0.25) is 10.1 Å². The van der Waals surface area contributed by atoms with Crippen molar-refractivity contribution in [2.75, 3.05) is 6.54 Å². The Labute approximate surface area is 104 Å². The highest BCUT2D eigenvalue weighted by Gasteiger charge is 2.40. The van der Waals surface area contributed by atoms with Crippen LogP contribution in [0.5, 0.6) is 0 Å². The number of hydrogen-bond acceptors (Lipinski definition) is 3. The molecule has 1 aromatic rings. The normalized spacial score (nSPS) is 11.9. The van der Waals surface area contributed by atoms with E-state index in [1.165, 1.54) is 6.07 Å². The Morgan fingerprint density at radius 2 is 2.00 bits per heavy atom. The molecule has 9 heteroatoms.